The van der Waals surface area contributed by atoms with E-state index < -0.39 is 11.9 Å². The molecule has 0 bridgehead atoms. The highest BCUT2D eigenvalue weighted by atomic mass is 16.5. The van der Waals surface area contributed by atoms with Crippen LogP contribution in [0.5, 0.6) is 5.75 Å². The molecule has 0 saturated carbocycles. The third kappa shape index (κ3) is 7.17. The number of benzene rings is 1. The standard InChI is InChI=1S/C19H23N3O2.C2H2O4/c1-2-24-18-7-5-16(6-8-18)15-21-10-12-22(13-11-21)19(23)17-4-3-9-20-14-17;3-1(4)2(5)6/h3-9,14H,2,10-13,15H2,1H3;(H,3,4)(H,5,6). The normalized spacial score (nSPS) is 13.7. The number of hydrogen-bond acceptors (Lipinski definition) is 6. The summed E-state index contributed by atoms with van der Waals surface area (Å²) in [4.78, 5) is 38.9. The Morgan fingerprint density at radius 1 is 1.00 bits per heavy atom. The van der Waals surface area contributed by atoms with E-state index in [1.165, 1.54) is 5.56 Å². The van der Waals surface area contributed by atoms with Crippen LogP contribution in [0.1, 0.15) is 22.8 Å². The lowest BCUT2D eigenvalue weighted by molar-refractivity contribution is -0.159. The number of nitrogens with zero attached hydrogens (tertiary/aromatic N) is 3. The zero-order valence-corrected chi connectivity index (χ0v) is 16.7. The van der Waals surface area contributed by atoms with Gasteiger partial charge in [0.2, 0.25) is 0 Å². The Labute approximate surface area is 174 Å². The van der Waals surface area contributed by atoms with Crippen molar-refractivity contribution in [2.75, 3.05) is 32.8 Å². The number of rotatable bonds is 5. The van der Waals surface area contributed by atoms with Crippen LogP contribution >= 0.6 is 0 Å². The summed E-state index contributed by atoms with van der Waals surface area (Å²) in [6, 6.07) is 11.9. The Hall–Kier alpha value is -3.46. The van der Waals surface area contributed by atoms with Crippen molar-refractivity contribution in [3.63, 3.8) is 0 Å². The SMILES string of the molecule is CCOc1ccc(CN2CCN(C(=O)c3cccnc3)CC2)cc1.O=C(O)C(=O)O. The van der Waals surface area contributed by atoms with Crippen molar-refractivity contribution < 1.29 is 29.3 Å². The minimum atomic E-state index is -1.82. The molecule has 2 N–H and O–H groups in total. The fourth-order valence-corrected chi connectivity index (χ4v) is 2.90. The van der Waals surface area contributed by atoms with E-state index in [2.05, 4.69) is 22.0 Å². The summed E-state index contributed by atoms with van der Waals surface area (Å²) >= 11 is 0. The van der Waals surface area contributed by atoms with Gasteiger partial charge in [-0.2, -0.15) is 0 Å². The van der Waals surface area contributed by atoms with Crippen LogP contribution in [0.4, 0.5) is 0 Å². The van der Waals surface area contributed by atoms with E-state index in [0.717, 1.165) is 38.5 Å². The maximum absolute atomic E-state index is 12.4. The molecule has 0 atom stereocenters. The van der Waals surface area contributed by atoms with Gasteiger partial charge in [-0.1, -0.05) is 12.1 Å². The number of carbonyl (C=O) groups excluding carboxylic acids is 1. The van der Waals surface area contributed by atoms with E-state index >= 15 is 0 Å². The third-order valence-corrected chi connectivity index (χ3v) is 4.39. The zero-order chi connectivity index (χ0) is 21.9. The molecule has 1 aliphatic heterocycles. The first-order valence-electron chi connectivity index (χ1n) is 9.50. The van der Waals surface area contributed by atoms with Crippen LogP contribution in [-0.4, -0.2) is 75.6 Å². The molecule has 2 aromatic rings. The smallest absolute Gasteiger partial charge is 0.414 e. The molecule has 1 amide bonds. The first kappa shape index (κ1) is 22.8. The summed E-state index contributed by atoms with van der Waals surface area (Å²) in [7, 11) is 0. The topological polar surface area (TPSA) is 120 Å². The van der Waals surface area contributed by atoms with Crippen molar-refractivity contribution in [1.82, 2.24) is 14.8 Å². The van der Waals surface area contributed by atoms with Crippen LogP contribution in [0, 0.1) is 0 Å². The van der Waals surface area contributed by atoms with Crippen molar-refractivity contribution >= 4 is 17.8 Å². The summed E-state index contributed by atoms with van der Waals surface area (Å²) in [6.45, 7) is 6.86. The average Bonchev–Trinajstić information content (AvgIpc) is 2.76. The molecule has 30 heavy (non-hydrogen) atoms. The summed E-state index contributed by atoms with van der Waals surface area (Å²) in [5.74, 6) is -2.66. The van der Waals surface area contributed by atoms with Gasteiger partial charge in [0.25, 0.3) is 5.91 Å². The molecule has 9 heteroatoms. The molecule has 9 nitrogen and oxygen atoms in total. The van der Waals surface area contributed by atoms with Crippen LogP contribution < -0.4 is 4.74 Å². The third-order valence-electron chi connectivity index (χ3n) is 4.39. The summed E-state index contributed by atoms with van der Waals surface area (Å²) in [6.07, 6.45) is 3.32. The highest BCUT2D eigenvalue weighted by Gasteiger charge is 2.22. The number of piperazine rings is 1. The van der Waals surface area contributed by atoms with E-state index in [1.807, 2.05) is 30.0 Å². The number of aliphatic carboxylic acids is 2. The summed E-state index contributed by atoms with van der Waals surface area (Å²) in [5.41, 5.74) is 1.93. The van der Waals surface area contributed by atoms with Gasteiger partial charge in [0.05, 0.1) is 12.2 Å². The predicted molar refractivity (Wildman–Crippen MR) is 108 cm³/mol. The number of amides is 1. The van der Waals surface area contributed by atoms with Gasteiger partial charge in [-0.15, -0.1) is 0 Å². The first-order chi connectivity index (χ1) is 14.4. The molecule has 0 aliphatic carbocycles. The van der Waals surface area contributed by atoms with E-state index in [-0.39, 0.29) is 5.91 Å². The van der Waals surface area contributed by atoms with Crippen LogP contribution in [0.2, 0.25) is 0 Å². The first-order valence-corrected chi connectivity index (χ1v) is 9.50. The molecule has 0 unspecified atom stereocenters. The van der Waals surface area contributed by atoms with E-state index in [9.17, 15) is 4.79 Å². The van der Waals surface area contributed by atoms with Crippen molar-refractivity contribution in [3.8, 4) is 5.75 Å². The van der Waals surface area contributed by atoms with Crippen molar-refractivity contribution in [2.24, 2.45) is 0 Å². The fourth-order valence-electron chi connectivity index (χ4n) is 2.90. The number of pyridine rings is 1. The van der Waals surface area contributed by atoms with Crippen LogP contribution in [0.3, 0.4) is 0 Å². The largest absolute Gasteiger partial charge is 0.494 e. The molecule has 1 saturated heterocycles. The minimum absolute atomic E-state index is 0.0730. The second-order valence-electron chi connectivity index (χ2n) is 6.50. The minimum Gasteiger partial charge on any atom is -0.494 e. The number of aromatic nitrogens is 1. The Bertz CT molecular complexity index is 822. The highest BCUT2D eigenvalue weighted by Crippen LogP contribution is 2.15. The van der Waals surface area contributed by atoms with Gasteiger partial charge in [0.15, 0.2) is 0 Å². The number of carboxylic acid groups (broad SMARTS) is 2. The predicted octanol–water partition coefficient (Wildman–Crippen LogP) is 1.59. The molecular formula is C21H25N3O6. The van der Waals surface area contributed by atoms with Crippen molar-refractivity contribution in [1.29, 1.82) is 0 Å². The Morgan fingerprint density at radius 2 is 1.63 bits per heavy atom. The lowest BCUT2D eigenvalue weighted by Gasteiger charge is -2.34. The molecule has 0 radical (unpaired) electrons. The van der Waals surface area contributed by atoms with Crippen LogP contribution in [0.25, 0.3) is 0 Å². The van der Waals surface area contributed by atoms with Crippen LogP contribution in [-0.2, 0) is 16.1 Å². The van der Waals surface area contributed by atoms with Gasteiger partial charge in [0.1, 0.15) is 5.75 Å². The number of carbonyl (C=O) groups is 3. The summed E-state index contributed by atoms with van der Waals surface area (Å²) in [5, 5.41) is 14.8. The average molecular weight is 415 g/mol. The monoisotopic (exact) mass is 415 g/mol. The molecule has 0 spiro atoms. The van der Waals surface area contributed by atoms with Gasteiger partial charge in [0, 0.05) is 45.1 Å². The van der Waals surface area contributed by atoms with Gasteiger partial charge < -0.3 is 19.8 Å². The lowest BCUT2D eigenvalue weighted by Crippen LogP contribution is -2.48. The zero-order valence-electron chi connectivity index (χ0n) is 16.7. The van der Waals surface area contributed by atoms with Gasteiger partial charge >= 0.3 is 11.9 Å². The lowest BCUT2D eigenvalue weighted by atomic mass is 10.1. The Balaban J connectivity index is 0.000000469. The molecule has 1 aromatic heterocycles. The molecule has 1 aliphatic rings. The summed E-state index contributed by atoms with van der Waals surface area (Å²) < 4.78 is 5.47. The highest BCUT2D eigenvalue weighted by molar-refractivity contribution is 6.27. The van der Waals surface area contributed by atoms with E-state index in [1.54, 1.807) is 18.5 Å². The molecule has 2 heterocycles. The number of carboxylic acids is 2. The van der Waals surface area contributed by atoms with Crippen molar-refractivity contribution in [2.45, 2.75) is 13.5 Å². The van der Waals surface area contributed by atoms with Gasteiger partial charge in [-0.05, 0) is 36.8 Å². The van der Waals surface area contributed by atoms with E-state index in [0.29, 0.717) is 12.2 Å². The quantitative estimate of drug-likeness (QED) is 0.707. The molecular weight excluding hydrogens is 390 g/mol. The maximum atomic E-state index is 12.4. The second kappa shape index (κ2) is 11.5. The molecule has 1 aromatic carbocycles. The van der Waals surface area contributed by atoms with Gasteiger partial charge in [-0.3, -0.25) is 14.7 Å². The number of ether oxygens (including phenoxy) is 1. The van der Waals surface area contributed by atoms with Crippen molar-refractivity contribution in [3.05, 3.63) is 59.9 Å². The molecule has 3 rings (SSSR count). The van der Waals surface area contributed by atoms with Gasteiger partial charge in [-0.25, -0.2) is 9.59 Å². The number of hydrogen-bond donors (Lipinski definition) is 2. The molecule has 1 fully saturated rings. The maximum Gasteiger partial charge on any atom is 0.414 e. The Morgan fingerprint density at radius 3 is 2.13 bits per heavy atom. The van der Waals surface area contributed by atoms with Crippen LogP contribution in [0.15, 0.2) is 48.8 Å². The Kier molecular flexibility index (Phi) is 8.76. The second-order valence-corrected chi connectivity index (χ2v) is 6.50. The molecule has 160 valence electrons. The fraction of sp³-hybridized carbons (Fsp3) is 0.333. The van der Waals surface area contributed by atoms with E-state index in [4.69, 9.17) is 24.5 Å².